The maximum atomic E-state index is 12.9. The lowest BCUT2D eigenvalue weighted by molar-refractivity contribution is 0.102. The minimum atomic E-state index is -0.273. The number of rotatable bonds is 3. The molecule has 1 aromatic heterocycles. The van der Waals surface area contributed by atoms with E-state index in [2.05, 4.69) is 37.3 Å². The predicted octanol–water partition coefficient (Wildman–Crippen LogP) is 5.85. The SMILES string of the molecule is Cc1onc(-c2ccccc2Cl)c1C(=O)Nc1cccc(C(C)(C)C)c1. The van der Waals surface area contributed by atoms with Gasteiger partial charge in [-0.1, -0.05) is 67.9 Å². The Balaban J connectivity index is 1.95. The predicted molar refractivity (Wildman–Crippen MR) is 105 cm³/mol. The molecule has 0 aliphatic rings. The van der Waals surface area contributed by atoms with Crippen molar-refractivity contribution in [1.29, 1.82) is 0 Å². The number of amides is 1. The van der Waals surface area contributed by atoms with Gasteiger partial charge >= 0.3 is 0 Å². The van der Waals surface area contributed by atoms with Gasteiger partial charge in [0.05, 0.1) is 5.02 Å². The molecule has 0 aliphatic heterocycles. The van der Waals surface area contributed by atoms with E-state index in [1.165, 1.54) is 0 Å². The van der Waals surface area contributed by atoms with Crippen molar-refractivity contribution in [3.8, 4) is 11.3 Å². The zero-order chi connectivity index (χ0) is 18.9. The second kappa shape index (κ2) is 6.96. The van der Waals surface area contributed by atoms with Gasteiger partial charge in [0.1, 0.15) is 17.0 Å². The zero-order valence-electron chi connectivity index (χ0n) is 15.3. The standard InChI is InChI=1S/C21H21ClN2O2/c1-13-18(19(24-26-13)16-10-5-6-11-17(16)22)20(25)23-15-9-7-8-14(12-15)21(2,3)4/h5-12H,1-4H3,(H,23,25). The second-order valence-electron chi connectivity index (χ2n) is 7.23. The fourth-order valence-corrected chi connectivity index (χ4v) is 2.96. The Hall–Kier alpha value is -2.59. The molecule has 0 bridgehead atoms. The molecule has 3 rings (SSSR count). The average molecular weight is 369 g/mol. The topological polar surface area (TPSA) is 55.1 Å². The third-order valence-corrected chi connectivity index (χ3v) is 4.53. The first-order valence-electron chi connectivity index (χ1n) is 8.40. The first kappa shape index (κ1) is 18.2. The highest BCUT2D eigenvalue weighted by atomic mass is 35.5. The Bertz CT molecular complexity index is 955. The minimum absolute atomic E-state index is 0.00340. The molecule has 0 aliphatic carbocycles. The van der Waals surface area contributed by atoms with Crippen LogP contribution in [0, 0.1) is 6.92 Å². The van der Waals surface area contributed by atoms with E-state index >= 15 is 0 Å². The number of nitrogens with one attached hydrogen (secondary N) is 1. The van der Waals surface area contributed by atoms with Gasteiger partial charge in [-0.25, -0.2) is 0 Å². The van der Waals surface area contributed by atoms with Crippen LogP contribution < -0.4 is 5.32 Å². The third-order valence-electron chi connectivity index (χ3n) is 4.21. The molecule has 1 amide bonds. The third kappa shape index (κ3) is 3.65. The molecule has 0 fully saturated rings. The van der Waals surface area contributed by atoms with Gasteiger partial charge in [0.15, 0.2) is 0 Å². The molecular formula is C21H21ClN2O2. The smallest absolute Gasteiger partial charge is 0.261 e. The number of carbonyl (C=O) groups is 1. The van der Waals surface area contributed by atoms with E-state index in [-0.39, 0.29) is 11.3 Å². The molecule has 134 valence electrons. The van der Waals surface area contributed by atoms with E-state index in [1.807, 2.05) is 36.4 Å². The van der Waals surface area contributed by atoms with Gasteiger partial charge in [-0.05, 0) is 36.1 Å². The summed E-state index contributed by atoms with van der Waals surface area (Å²) in [6.07, 6.45) is 0. The molecule has 3 aromatic rings. The van der Waals surface area contributed by atoms with Crippen molar-refractivity contribution in [2.24, 2.45) is 0 Å². The Kier molecular flexibility index (Phi) is 4.88. The van der Waals surface area contributed by atoms with Crippen LogP contribution in [0.4, 0.5) is 5.69 Å². The summed E-state index contributed by atoms with van der Waals surface area (Å²) in [7, 11) is 0. The van der Waals surface area contributed by atoms with E-state index in [9.17, 15) is 4.79 Å². The van der Waals surface area contributed by atoms with Crippen LogP contribution in [0.25, 0.3) is 11.3 Å². The first-order chi connectivity index (χ1) is 12.3. The number of hydrogen-bond acceptors (Lipinski definition) is 3. The number of anilines is 1. The molecule has 1 N–H and O–H groups in total. The summed E-state index contributed by atoms with van der Waals surface area (Å²) in [5.41, 5.74) is 3.37. The van der Waals surface area contributed by atoms with Gasteiger partial charge in [0, 0.05) is 11.3 Å². The molecule has 0 spiro atoms. The lowest BCUT2D eigenvalue weighted by Gasteiger charge is -2.19. The van der Waals surface area contributed by atoms with Gasteiger partial charge < -0.3 is 9.84 Å². The van der Waals surface area contributed by atoms with Crippen molar-refractivity contribution in [3.63, 3.8) is 0 Å². The van der Waals surface area contributed by atoms with E-state index < -0.39 is 0 Å². The summed E-state index contributed by atoms with van der Waals surface area (Å²) in [5.74, 6) is 0.175. The number of hydrogen-bond donors (Lipinski definition) is 1. The number of halogens is 1. The maximum Gasteiger partial charge on any atom is 0.261 e. The Labute approximate surface area is 158 Å². The van der Waals surface area contributed by atoms with Crippen LogP contribution in [-0.4, -0.2) is 11.1 Å². The van der Waals surface area contributed by atoms with Gasteiger partial charge in [-0.3, -0.25) is 4.79 Å². The van der Waals surface area contributed by atoms with Crippen molar-refractivity contribution >= 4 is 23.2 Å². The van der Waals surface area contributed by atoms with Gasteiger partial charge in [-0.2, -0.15) is 0 Å². The summed E-state index contributed by atoms with van der Waals surface area (Å²) in [6.45, 7) is 8.11. The monoisotopic (exact) mass is 368 g/mol. The van der Waals surface area contributed by atoms with Gasteiger partial charge in [0.25, 0.3) is 5.91 Å². The van der Waals surface area contributed by atoms with Crippen LogP contribution >= 0.6 is 11.6 Å². The van der Waals surface area contributed by atoms with Gasteiger partial charge in [0.2, 0.25) is 0 Å². The molecule has 5 heteroatoms. The molecule has 0 atom stereocenters. The zero-order valence-corrected chi connectivity index (χ0v) is 16.0. The minimum Gasteiger partial charge on any atom is -0.360 e. The normalized spacial score (nSPS) is 11.4. The van der Waals surface area contributed by atoms with Crippen LogP contribution in [0.3, 0.4) is 0 Å². The highest BCUT2D eigenvalue weighted by molar-refractivity contribution is 6.33. The van der Waals surface area contributed by atoms with Crippen LogP contribution in [-0.2, 0) is 5.41 Å². The van der Waals surface area contributed by atoms with Gasteiger partial charge in [-0.15, -0.1) is 0 Å². The molecule has 2 aromatic carbocycles. The van der Waals surface area contributed by atoms with Crippen molar-refractivity contribution < 1.29 is 9.32 Å². The van der Waals surface area contributed by atoms with Crippen molar-refractivity contribution in [3.05, 3.63) is 70.4 Å². The fourth-order valence-electron chi connectivity index (χ4n) is 2.73. The van der Waals surface area contributed by atoms with E-state index in [0.717, 1.165) is 11.3 Å². The number of carbonyl (C=O) groups excluding carboxylic acids is 1. The summed E-state index contributed by atoms with van der Waals surface area (Å²) >= 11 is 6.26. The maximum absolute atomic E-state index is 12.9. The first-order valence-corrected chi connectivity index (χ1v) is 8.78. The lowest BCUT2D eigenvalue weighted by Crippen LogP contribution is -2.15. The fraction of sp³-hybridized carbons (Fsp3) is 0.238. The number of benzene rings is 2. The van der Waals surface area contributed by atoms with Crippen molar-refractivity contribution in [1.82, 2.24) is 5.16 Å². The number of aromatic nitrogens is 1. The molecule has 0 radical (unpaired) electrons. The highest BCUT2D eigenvalue weighted by Crippen LogP contribution is 2.32. The highest BCUT2D eigenvalue weighted by Gasteiger charge is 2.23. The van der Waals surface area contributed by atoms with Crippen LogP contribution in [0.1, 0.15) is 42.5 Å². The van der Waals surface area contributed by atoms with Crippen molar-refractivity contribution in [2.75, 3.05) is 5.32 Å². The molecule has 0 unspecified atom stereocenters. The molecular weight excluding hydrogens is 348 g/mol. The van der Waals surface area contributed by atoms with Crippen LogP contribution in [0.5, 0.6) is 0 Å². The van der Waals surface area contributed by atoms with Crippen LogP contribution in [0.15, 0.2) is 53.1 Å². The lowest BCUT2D eigenvalue weighted by atomic mass is 9.87. The number of aryl methyl sites for hydroxylation is 1. The van der Waals surface area contributed by atoms with Crippen LogP contribution in [0.2, 0.25) is 5.02 Å². The van der Waals surface area contributed by atoms with E-state index in [4.69, 9.17) is 16.1 Å². The quantitative estimate of drug-likeness (QED) is 0.630. The Morgan fingerprint density at radius 3 is 2.54 bits per heavy atom. The van der Waals surface area contributed by atoms with Crippen molar-refractivity contribution in [2.45, 2.75) is 33.1 Å². The Morgan fingerprint density at radius 1 is 1.12 bits per heavy atom. The summed E-state index contributed by atoms with van der Waals surface area (Å²) in [4.78, 5) is 12.9. The summed E-state index contributed by atoms with van der Waals surface area (Å²) in [5, 5.41) is 7.51. The largest absolute Gasteiger partial charge is 0.360 e. The van der Waals surface area contributed by atoms with E-state index in [0.29, 0.717) is 27.6 Å². The molecule has 0 saturated heterocycles. The average Bonchev–Trinajstić information content (AvgIpc) is 2.96. The number of nitrogens with zero attached hydrogens (tertiary/aromatic N) is 1. The molecule has 0 saturated carbocycles. The molecule has 4 nitrogen and oxygen atoms in total. The van der Waals surface area contributed by atoms with E-state index in [1.54, 1.807) is 13.0 Å². The summed E-state index contributed by atoms with van der Waals surface area (Å²) < 4.78 is 5.27. The molecule has 26 heavy (non-hydrogen) atoms. The molecule has 1 heterocycles. The second-order valence-corrected chi connectivity index (χ2v) is 7.63. The Morgan fingerprint density at radius 2 is 1.85 bits per heavy atom. The summed E-state index contributed by atoms with van der Waals surface area (Å²) in [6, 6.07) is 15.1.